The third-order valence-corrected chi connectivity index (χ3v) is 0.712. The topological polar surface area (TPSA) is 49.7 Å². The number of rotatable bonds is 4. The van der Waals surface area contributed by atoms with E-state index in [0.717, 1.165) is 6.61 Å². The van der Waals surface area contributed by atoms with Crippen molar-refractivity contribution >= 4 is 0 Å². The molecule has 1 unspecified atom stereocenters. The zero-order valence-corrected chi connectivity index (χ0v) is 4.87. The normalized spacial score (nSPS) is 13.9. The van der Waals surface area contributed by atoms with Gasteiger partial charge in [-0.2, -0.15) is 0 Å². The Morgan fingerprint density at radius 2 is 2.38 bits per heavy atom. The van der Waals surface area contributed by atoms with Crippen LogP contribution in [0.25, 0.3) is 0 Å². The second-order valence-corrected chi connectivity index (χ2v) is 1.51. The minimum absolute atomic E-state index is 0.00611. The van der Waals surface area contributed by atoms with E-state index in [9.17, 15) is 0 Å². The van der Waals surface area contributed by atoms with E-state index < -0.39 is 0 Å². The second-order valence-electron chi connectivity index (χ2n) is 1.51. The monoisotopic (exact) mass is 119 g/mol. The van der Waals surface area contributed by atoms with Crippen LogP contribution in [0, 0.1) is 6.61 Å². The molecule has 0 aromatic heterocycles. The summed E-state index contributed by atoms with van der Waals surface area (Å²) in [5.41, 5.74) is 0. The van der Waals surface area contributed by atoms with Crippen molar-refractivity contribution < 1.29 is 14.9 Å². The maximum atomic E-state index is 8.34. The highest BCUT2D eigenvalue weighted by Crippen LogP contribution is 1.87. The van der Waals surface area contributed by atoms with Crippen LogP contribution in [0.2, 0.25) is 0 Å². The summed E-state index contributed by atoms with van der Waals surface area (Å²) in [6, 6.07) is 0. The number of hydrogen-bond acceptors (Lipinski definition) is 3. The molecule has 49 valence electrons. The summed E-state index contributed by atoms with van der Waals surface area (Å²) in [5.74, 6) is 0. The molecule has 1 atom stereocenters. The van der Waals surface area contributed by atoms with Crippen molar-refractivity contribution in [1.82, 2.24) is 0 Å². The quantitative estimate of drug-likeness (QED) is 0.544. The van der Waals surface area contributed by atoms with Crippen LogP contribution in [-0.2, 0) is 4.74 Å². The van der Waals surface area contributed by atoms with Crippen molar-refractivity contribution in [1.29, 1.82) is 0 Å². The van der Waals surface area contributed by atoms with Gasteiger partial charge in [-0.05, 0) is 6.92 Å². The van der Waals surface area contributed by atoms with Gasteiger partial charge in [0.05, 0.1) is 19.3 Å². The van der Waals surface area contributed by atoms with E-state index in [0.29, 0.717) is 0 Å². The third kappa shape index (κ3) is 4.05. The Balaban J connectivity index is 2.86. The van der Waals surface area contributed by atoms with Gasteiger partial charge in [-0.25, -0.2) is 0 Å². The number of ether oxygens (including phenoxy) is 1. The zero-order valence-electron chi connectivity index (χ0n) is 4.87. The first-order valence-electron chi connectivity index (χ1n) is 2.49. The molecule has 0 heterocycles. The predicted octanol–water partition coefficient (Wildman–Crippen LogP) is -0.0819. The smallest absolute Gasteiger partial charge is 0.105 e. The van der Waals surface area contributed by atoms with Gasteiger partial charge in [0.25, 0.3) is 0 Å². The molecule has 0 rings (SSSR count). The standard InChI is InChI=1S/C5H11O3/c1-5(4-7)8-3-2-6/h2,5-7H,3-4H2,1H3. The van der Waals surface area contributed by atoms with E-state index in [1.54, 1.807) is 6.92 Å². The zero-order chi connectivity index (χ0) is 6.41. The van der Waals surface area contributed by atoms with Crippen LogP contribution in [0.4, 0.5) is 0 Å². The second kappa shape index (κ2) is 5.03. The maximum Gasteiger partial charge on any atom is 0.105 e. The lowest BCUT2D eigenvalue weighted by atomic mass is 10.4. The predicted molar refractivity (Wildman–Crippen MR) is 28.7 cm³/mol. The molecule has 1 radical (unpaired) electrons. The lowest BCUT2D eigenvalue weighted by molar-refractivity contribution is 0.0230. The van der Waals surface area contributed by atoms with Gasteiger partial charge in [0.2, 0.25) is 0 Å². The fourth-order valence-electron chi connectivity index (χ4n) is 0.260. The third-order valence-electron chi connectivity index (χ3n) is 0.712. The van der Waals surface area contributed by atoms with Crippen molar-refractivity contribution in [2.45, 2.75) is 13.0 Å². The van der Waals surface area contributed by atoms with Crippen molar-refractivity contribution in [3.8, 4) is 0 Å². The van der Waals surface area contributed by atoms with Crippen LogP contribution in [0.15, 0.2) is 0 Å². The van der Waals surface area contributed by atoms with Gasteiger partial charge in [0.1, 0.15) is 6.61 Å². The average molecular weight is 119 g/mol. The molecule has 3 nitrogen and oxygen atoms in total. The highest BCUT2D eigenvalue weighted by Gasteiger charge is 1.95. The van der Waals surface area contributed by atoms with Crippen molar-refractivity contribution in [3.05, 3.63) is 6.61 Å². The Bertz CT molecular complexity index is 46.9. The summed E-state index contributed by atoms with van der Waals surface area (Å²) >= 11 is 0. The maximum absolute atomic E-state index is 8.34. The number of hydrogen-bond donors (Lipinski definition) is 2. The molecule has 0 saturated carbocycles. The molecule has 2 N–H and O–H groups in total. The summed E-state index contributed by atoms with van der Waals surface area (Å²) in [4.78, 5) is 0. The highest BCUT2D eigenvalue weighted by molar-refractivity contribution is 4.47. The lowest BCUT2D eigenvalue weighted by Gasteiger charge is -2.06. The summed E-state index contributed by atoms with van der Waals surface area (Å²) in [6.07, 6.45) is -0.182. The molecular formula is C5H11O3. The summed E-state index contributed by atoms with van der Waals surface area (Å²) in [5, 5.41) is 16.4. The van der Waals surface area contributed by atoms with Gasteiger partial charge in [-0.15, -0.1) is 0 Å². The molecule has 0 aliphatic heterocycles. The summed E-state index contributed by atoms with van der Waals surface area (Å²) < 4.78 is 4.78. The van der Waals surface area contributed by atoms with Gasteiger partial charge >= 0.3 is 0 Å². The molecule has 0 amide bonds. The lowest BCUT2D eigenvalue weighted by Crippen LogP contribution is -2.13. The molecule has 0 aromatic carbocycles. The Kier molecular flexibility index (Phi) is 4.95. The van der Waals surface area contributed by atoms with Crippen LogP contribution in [0.3, 0.4) is 0 Å². The molecular weight excluding hydrogens is 108 g/mol. The van der Waals surface area contributed by atoms with Gasteiger partial charge in [0.15, 0.2) is 0 Å². The molecule has 0 fully saturated rings. The van der Waals surface area contributed by atoms with Crippen LogP contribution in [-0.4, -0.2) is 29.5 Å². The van der Waals surface area contributed by atoms with E-state index in [2.05, 4.69) is 0 Å². The summed E-state index contributed by atoms with van der Waals surface area (Å²) in [6.45, 7) is 2.81. The minimum atomic E-state index is -0.182. The number of aliphatic hydroxyl groups excluding tert-OH is 2. The Morgan fingerprint density at radius 3 is 2.75 bits per heavy atom. The molecule has 0 bridgehead atoms. The van der Waals surface area contributed by atoms with Gasteiger partial charge in [-0.1, -0.05) is 0 Å². The Morgan fingerprint density at radius 1 is 1.75 bits per heavy atom. The molecule has 0 spiro atoms. The Labute approximate surface area is 48.9 Å². The molecule has 8 heavy (non-hydrogen) atoms. The number of aliphatic hydroxyl groups is 2. The van der Waals surface area contributed by atoms with E-state index >= 15 is 0 Å². The largest absolute Gasteiger partial charge is 0.394 e. The van der Waals surface area contributed by atoms with Gasteiger partial charge < -0.3 is 14.9 Å². The fourth-order valence-corrected chi connectivity index (χ4v) is 0.260. The Hall–Kier alpha value is -0.120. The molecule has 0 aliphatic rings. The van der Waals surface area contributed by atoms with Crippen LogP contribution in [0.1, 0.15) is 6.92 Å². The minimum Gasteiger partial charge on any atom is -0.394 e. The molecule has 3 heteroatoms. The van der Waals surface area contributed by atoms with E-state index in [-0.39, 0.29) is 19.3 Å². The van der Waals surface area contributed by atoms with Gasteiger partial charge in [0, 0.05) is 0 Å². The van der Waals surface area contributed by atoms with E-state index in [1.807, 2.05) is 0 Å². The van der Waals surface area contributed by atoms with Crippen molar-refractivity contribution in [2.24, 2.45) is 0 Å². The average Bonchev–Trinajstić information content (AvgIpc) is 1.83. The van der Waals surface area contributed by atoms with Crippen LogP contribution in [0.5, 0.6) is 0 Å². The van der Waals surface area contributed by atoms with Crippen molar-refractivity contribution in [2.75, 3.05) is 13.2 Å². The van der Waals surface area contributed by atoms with E-state index in [4.69, 9.17) is 14.9 Å². The molecule has 0 aliphatic carbocycles. The molecule has 0 saturated heterocycles. The fraction of sp³-hybridized carbons (Fsp3) is 0.800. The van der Waals surface area contributed by atoms with Gasteiger partial charge in [-0.3, -0.25) is 0 Å². The SMILES string of the molecule is CC(CO)OC[CH]O. The van der Waals surface area contributed by atoms with Crippen LogP contribution < -0.4 is 0 Å². The first-order valence-corrected chi connectivity index (χ1v) is 2.49. The van der Waals surface area contributed by atoms with E-state index in [1.165, 1.54) is 0 Å². The highest BCUT2D eigenvalue weighted by atomic mass is 16.5. The van der Waals surface area contributed by atoms with Crippen molar-refractivity contribution in [3.63, 3.8) is 0 Å². The van der Waals surface area contributed by atoms with Crippen LogP contribution >= 0.6 is 0 Å². The summed E-state index contributed by atoms with van der Waals surface area (Å²) in [7, 11) is 0. The molecule has 0 aromatic rings. The first-order chi connectivity index (χ1) is 3.81. The first kappa shape index (κ1) is 7.88.